The zero-order valence-corrected chi connectivity index (χ0v) is 21.0. The molecular formula is C24H33N7O8. The highest BCUT2D eigenvalue weighted by atomic mass is 16.4. The number of rotatable bonds is 16. The van der Waals surface area contributed by atoms with Crippen LogP contribution in [0.25, 0.3) is 10.9 Å². The SMILES string of the molecule is NC(=O)CCC(N)C(=O)NC(Cc1c[nH]c2ccccc12)C(=O)NC(CCC(N)=O)C(=O)NC(CO)C(=O)O. The van der Waals surface area contributed by atoms with Gasteiger partial charge in [0.25, 0.3) is 0 Å². The van der Waals surface area contributed by atoms with Gasteiger partial charge in [-0.1, -0.05) is 18.2 Å². The van der Waals surface area contributed by atoms with Crippen molar-refractivity contribution in [3.63, 3.8) is 0 Å². The van der Waals surface area contributed by atoms with E-state index in [4.69, 9.17) is 22.3 Å². The lowest BCUT2D eigenvalue weighted by Crippen LogP contribution is -2.58. The number of nitrogens with one attached hydrogen (secondary N) is 4. The summed E-state index contributed by atoms with van der Waals surface area (Å²) in [5.41, 5.74) is 17.6. The normalized spacial score (nSPS) is 14.0. The van der Waals surface area contributed by atoms with Crippen molar-refractivity contribution in [2.24, 2.45) is 17.2 Å². The van der Waals surface area contributed by atoms with E-state index in [1.807, 2.05) is 12.1 Å². The van der Waals surface area contributed by atoms with Gasteiger partial charge in [-0.25, -0.2) is 4.79 Å². The summed E-state index contributed by atoms with van der Waals surface area (Å²) in [6, 6.07) is 1.71. The summed E-state index contributed by atoms with van der Waals surface area (Å²) in [7, 11) is 0. The summed E-state index contributed by atoms with van der Waals surface area (Å²) in [6.07, 6.45) is 0.787. The molecule has 12 N–H and O–H groups in total. The molecule has 0 aliphatic rings. The number of benzene rings is 1. The Balaban J connectivity index is 2.30. The Kier molecular flexibility index (Phi) is 11.4. The van der Waals surface area contributed by atoms with E-state index in [0.717, 1.165) is 10.9 Å². The van der Waals surface area contributed by atoms with Crippen LogP contribution in [0.15, 0.2) is 30.5 Å². The van der Waals surface area contributed by atoms with Crippen molar-refractivity contribution in [3.05, 3.63) is 36.0 Å². The van der Waals surface area contributed by atoms with Gasteiger partial charge in [0.2, 0.25) is 29.5 Å². The van der Waals surface area contributed by atoms with Crippen LogP contribution in [0.2, 0.25) is 0 Å². The number of carboxylic acid groups (broad SMARTS) is 1. The largest absolute Gasteiger partial charge is 0.480 e. The summed E-state index contributed by atoms with van der Waals surface area (Å²) in [4.78, 5) is 75.5. The molecule has 2 aromatic rings. The van der Waals surface area contributed by atoms with Gasteiger partial charge in [0.1, 0.15) is 18.1 Å². The fraction of sp³-hybridized carbons (Fsp3) is 0.417. The van der Waals surface area contributed by atoms with Crippen LogP contribution in [0.3, 0.4) is 0 Å². The maximum Gasteiger partial charge on any atom is 0.328 e. The molecule has 15 heteroatoms. The second-order valence-electron chi connectivity index (χ2n) is 8.88. The number of carboxylic acids is 1. The van der Waals surface area contributed by atoms with Crippen LogP contribution in [-0.2, 0) is 35.2 Å². The predicted octanol–water partition coefficient (Wildman–Crippen LogP) is -2.90. The third-order valence-electron chi connectivity index (χ3n) is 5.88. The van der Waals surface area contributed by atoms with E-state index in [1.165, 1.54) is 0 Å². The molecule has 0 saturated heterocycles. The monoisotopic (exact) mass is 547 g/mol. The third-order valence-corrected chi connectivity index (χ3v) is 5.88. The molecule has 15 nitrogen and oxygen atoms in total. The summed E-state index contributed by atoms with van der Waals surface area (Å²) in [6.45, 7) is -0.917. The minimum absolute atomic E-state index is 0.0390. The average Bonchev–Trinajstić information content (AvgIpc) is 3.29. The number of nitrogens with two attached hydrogens (primary N) is 3. The molecule has 212 valence electrons. The highest BCUT2D eigenvalue weighted by Gasteiger charge is 2.31. The van der Waals surface area contributed by atoms with Gasteiger partial charge in [-0.15, -0.1) is 0 Å². The lowest BCUT2D eigenvalue weighted by Gasteiger charge is -2.25. The second kappa shape index (κ2) is 14.4. The molecule has 39 heavy (non-hydrogen) atoms. The molecule has 0 aliphatic heterocycles. The van der Waals surface area contributed by atoms with Gasteiger partial charge >= 0.3 is 5.97 Å². The molecule has 0 radical (unpaired) electrons. The quantitative estimate of drug-likeness (QED) is 0.104. The number of primary amides is 2. The Morgan fingerprint density at radius 1 is 0.821 bits per heavy atom. The number of aliphatic hydroxyl groups excluding tert-OH is 1. The number of carbonyl (C=O) groups excluding carboxylic acids is 5. The standard InChI is InChI=1S/C24H33N7O8/c25-14(5-7-19(26)33)21(35)30-17(9-12-10-28-15-4-2-1-3-13(12)15)23(37)29-16(6-8-20(27)34)22(36)31-18(11-32)24(38)39/h1-4,10,14,16-18,28,32H,5-9,11,25H2,(H2,26,33)(H2,27,34)(H,29,37)(H,30,35)(H,31,36)(H,38,39). The lowest BCUT2D eigenvalue weighted by molar-refractivity contribution is -0.143. The molecule has 2 rings (SSSR count). The molecule has 0 saturated carbocycles. The van der Waals surface area contributed by atoms with Crippen molar-refractivity contribution in [1.29, 1.82) is 0 Å². The third kappa shape index (κ3) is 9.39. The number of hydrogen-bond acceptors (Lipinski definition) is 8. The van der Waals surface area contributed by atoms with Crippen LogP contribution in [-0.4, -0.2) is 81.5 Å². The fourth-order valence-electron chi connectivity index (χ4n) is 3.72. The van der Waals surface area contributed by atoms with E-state index in [-0.39, 0.29) is 32.1 Å². The van der Waals surface area contributed by atoms with Crippen molar-refractivity contribution in [1.82, 2.24) is 20.9 Å². The van der Waals surface area contributed by atoms with Gasteiger partial charge in [-0.05, 0) is 24.5 Å². The number of amides is 5. The highest BCUT2D eigenvalue weighted by Crippen LogP contribution is 2.19. The summed E-state index contributed by atoms with van der Waals surface area (Å²) in [5.74, 6) is -5.52. The Bertz CT molecular complexity index is 1210. The first-order chi connectivity index (χ1) is 18.4. The Morgan fingerprint density at radius 3 is 2.00 bits per heavy atom. The van der Waals surface area contributed by atoms with Gasteiger partial charge in [0.15, 0.2) is 0 Å². The molecule has 0 aliphatic carbocycles. The number of aromatic nitrogens is 1. The van der Waals surface area contributed by atoms with E-state index in [2.05, 4.69) is 20.9 Å². The molecule has 0 spiro atoms. The minimum Gasteiger partial charge on any atom is -0.480 e. The average molecular weight is 548 g/mol. The maximum absolute atomic E-state index is 13.4. The van der Waals surface area contributed by atoms with Gasteiger partial charge in [0.05, 0.1) is 12.6 Å². The lowest BCUT2D eigenvalue weighted by atomic mass is 10.0. The maximum atomic E-state index is 13.4. The van der Waals surface area contributed by atoms with Crippen LogP contribution in [0, 0.1) is 0 Å². The molecule has 1 heterocycles. The number of H-pyrrole nitrogens is 1. The zero-order valence-electron chi connectivity index (χ0n) is 21.0. The Morgan fingerprint density at radius 2 is 1.38 bits per heavy atom. The van der Waals surface area contributed by atoms with Gasteiger partial charge in [0, 0.05) is 36.4 Å². The van der Waals surface area contributed by atoms with Crippen molar-refractivity contribution in [2.75, 3.05) is 6.61 Å². The van der Waals surface area contributed by atoms with Crippen molar-refractivity contribution < 1.29 is 39.0 Å². The molecule has 0 fully saturated rings. The highest BCUT2D eigenvalue weighted by molar-refractivity contribution is 5.95. The first kappa shape index (κ1) is 30.7. The predicted molar refractivity (Wildman–Crippen MR) is 137 cm³/mol. The first-order valence-electron chi connectivity index (χ1n) is 12.0. The fourth-order valence-corrected chi connectivity index (χ4v) is 3.72. The van der Waals surface area contributed by atoms with E-state index in [1.54, 1.807) is 18.3 Å². The van der Waals surface area contributed by atoms with Crippen LogP contribution in [0.4, 0.5) is 0 Å². The number of carbonyl (C=O) groups is 6. The van der Waals surface area contributed by atoms with Crippen LogP contribution in [0.1, 0.15) is 31.2 Å². The summed E-state index contributed by atoms with van der Waals surface area (Å²) in [5, 5.41) is 26.2. The van der Waals surface area contributed by atoms with Crippen LogP contribution >= 0.6 is 0 Å². The Labute approximate surface area is 222 Å². The number of hydrogen-bond donors (Lipinski definition) is 9. The Hall–Kier alpha value is -4.50. The van der Waals surface area contributed by atoms with E-state index in [9.17, 15) is 33.9 Å². The van der Waals surface area contributed by atoms with Gasteiger partial charge in [-0.2, -0.15) is 0 Å². The second-order valence-corrected chi connectivity index (χ2v) is 8.88. The molecule has 4 unspecified atom stereocenters. The number of para-hydroxylation sites is 1. The molecular weight excluding hydrogens is 514 g/mol. The van der Waals surface area contributed by atoms with Crippen molar-refractivity contribution >= 4 is 46.4 Å². The first-order valence-corrected chi connectivity index (χ1v) is 12.0. The number of fused-ring (bicyclic) bond motifs is 1. The number of aromatic amines is 1. The van der Waals surface area contributed by atoms with Crippen molar-refractivity contribution in [2.45, 2.75) is 56.3 Å². The molecule has 0 bridgehead atoms. The summed E-state index contributed by atoms with van der Waals surface area (Å²) >= 11 is 0. The molecule has 1 aromatic heterocycles. The minimum atomic E-state index is -1.66. The topological polar surface area (TPSA) is 273 Å². The van der Waals surface area contributed by atoms with Crippen LogP contribution < -0.4 is 33.2 Å². The van der Waals surface area contributed by atoms with E-state index >= 15 is 0 Å². The summed E-state index contributed by atoms with van der Waals surface area (Å²) < 4.78 is 0. The van der Waals surface area contributed by atoms with Gasteiger partial charge in [-0.3, -0.25) is 24.0 Å². The number of aliphatic carboxylic acids is 1. The van der Waals surface area contributed by atoms with Gasteiger partial charge < -0.3 is 48.3 Å². The smallest absolute Gasteiger partial charge is 0.328 e. The van der Waals surface area contributed by atoms with E-state index < -0.39 is 66.3 Å². The molecule has 4 atom stereocenters. The molecule has 1 aromatic carbocycles. The number of aliphatic hydroxyl groups is 1. The van der Waals surface area contributed by atoms with Crippen LogP contribution in [0.5, 0.6) is 0 Å². The zero-order chi connectivity index (χ0) is 29.1. The molecule has 5 amide bonds. The van der Waals surface area contributed by atoms with E-state index in [0.29, 0.717) is 5.56 Å². The van der Waals surface area contributed by atoms with Crippen molar-refractivity contribution in [3.8, 4) is 0 Å².